The molecule has 0 aliphatic rings. The van der Waals surface area contributed by atoms with Crippen molar-refractivity contribution in [2.45, 2.75) is 26.0 Å². The molecule has 86 valence electrons. The lowest BCUT2D eigenvalue weighted by atomic mass is 10.3. The number of hydrogen-bond donors (Lipinski definition) is 1. The van der Waals surface area contributed by atoms with E-state index in [-0.39, 0.29) is 6.61 Å². The number of unbranched alkanes of at least 4 members (excludes halogenated alkanes) is 1. The fraction of sp³-hybridized carbons (Fsp3) is 0.417. The van der Waals surface area contributed by atoms with Crippen molar-refractivity contribution in [3.63, 3.8) is 0 Å². The lowest BCUT2D eigenvalue weighted by molar-refractivity contribution is 0.265. The first-order valence-corrected chi connectivity index (χ1v) is 6.60. The van der Waals surface area contributed by atoms with Crippen molar-refractivity contribution < 1.29 is 5.11 Å². The van der Waals surface area contributed by atoms with Gasteiger partial charge in [-0.15, -0.1) is 0 Å². The monoisotopic (exact) mass is 282 g/mol. The van der Waals surface area contributed by atoms with E-state index in [1.807, 2.05) is 18.2 Å². The van der Waals surface area contributed by atoms with Gasteiger partial charge >= 0.3 is 0 Å². The fourth-order valence-corrected chi connectivity index (χ4v) is 2.26. The first kappa shape index (κ1) is 11.6. The number of aryl methyl sites for hydroxylation is 1. The largest absolute Gasteiger partial charge is 0.388 e. The molecule has 0 fully saturated rings. The summed E-state index contributed by atoms with van der Waals surface area (Å²) in [5.74, 6) is 0.760. The summed E-state index contributed by atoms with van der Waals surface area (Å²) in [7, 11) is 0. The van der Waals surface area contributed by atoms with Crippen LogP contribution in [0.25, 0.3) is 11.0 Å². The molecule has 0 saturated carbocycles. The molecule has 0 atom stereocenters. The molecule has 0 unspecified atom stereocenters. The van der Waals surface area contributed by atoms with E-state index in [0.717, 1.165) is 41.6 Å². The smallest absolute Gasteiger partial charge is 0.135 e. The standard InChI is InChI=1S/C12H15BrN2O/c13-7-3-4-8-15-11-6-2-1-5-10(11)14-12(15)9-16/h1-2,5-6,16H,3-4,7-9H2. The van der Waals surface area contributed by atoms with Crippen molar-refractivity contribution >= 4 is 27.0 Å². The molecule has 4 heteroatoms. The van der Waals surface area contributed by atoms with Crippen LogP contribution >= 0.6 is 15.9 Å². The van der Waals surface area contributed by atoms with E-state index in [4.69, 9.17) is 0 Å². The summed E-state index contributed by atoms with van der Waals surface area (Å²) < 4.78 is 2.11. The van der Waals surface area contributed by atoms with Crippen LogP contribution in [0.1, 0.15) is 18.7 Å². The Morgan fingerprint density at radius 2 is 2.06 bits per heavy atom. The van der Waals surface area contributed by atoms with Crippen LogP contribution < -0.4 is 0 Å². The number of aliphatic hydroxyl groups is 1. The van der Waals surface area contributed by atoms with Gasteiger partial charge in [0, 0.05) is 11.9 Å². The molecular weight excluding hydrogens is 268 g/mol. The van der Waals surface area contributed by atoms with E-state index in [2.05, 4.69) is 31.5 Å². The van der Waals surface area contributed by atoms with Gasteiger partial charge in [-0.2, -0.15) is 0 Å². The molecule has 2 aromatic rings. The first-order valence-electron chi connectivity index (χ1n) is 5.48. The highest BCUT2D eigenvalue weighted by molar-refractivity contribution is 9.09. The Kier molecular flexibility index (Phi) is 3.96. The van der Waals surface area contributed by atoms with Gasteiger partial charge in [0.25, 0.3) is 0 Å². The average molecular weight is 283 g/mol. The van der Waals surface area contributed by atoms with Crippen molar-refractivity contribution in [2.75, 3.05) is 5.33 Å². The highest BCUT2D eigenvalue weighted by atomic mass is 79.9. The number of nitrogens with zero attached hydrogens (tertiary/aromatic N) is 2. The summed E-state index contributed by atoms with van der Waals surface area (Å²) >= 11 is 3.42. The number of para-hydroxylation sites is 2. The van der Waals surface area contributed by atoms with Gasteiger partial charge in [0.15, 0.2) is 0 Å². The summed E-state index contributed by atoms with van der Waals surface area (Å²) in [6, 6.07) is 8.01. The molecule has 3 nitrogen and oxygen atoms in total. The van der Waals surface area contributed by atoms with E-state index < -0.39 is 0 Å². The van der Waals surface area contributed by atoms with E-state index in [9.17, 15) is 5.11 Å². The number of halogens is 1. The Bertz CT molecular complexity index is 467. The SMILES string of the molecule is OCc1nc2ccccc2n1CCCCBr. The van der Waals surface area contributed by atoms with Crippen molar-refractivity contribution in [3.05, 3.63) is 30.1 Å². The molecule has 1 N–H and O–H groups in total. The van der Waals surface area contributed by atoms with E-state index in [1.54, 1.807) is 0 Å². The molecule has 0 amide bonds. The van der Waals surface area contributed by atoms with Gasteiger partial charge in [0.2, 0.25) is 0 Å². The molecule has 0 spiro atoms. The Morgan fingerprint density at radius 1 is 1.25 bits per heavy atom. The van der Waals surface area contributed by atoms with Crippen LogP contribution in [0.5, 0.6) is 0 Å². The number of benzene rings is 1. The van der Waals surface area contributed by atoms with Crippen molar-refractivity contribution in [2.24, 2.45) is 0 Å². The van der Waals surface area contributed by atoms with Crippen molar-refractivity contribution in [1.29, 1.82) is 0 Å². The lowest BCUT2D eigenvalue weighted by Gasteiger charge is -2.06. The second kappa shape index (κ2) is 5.46. The van der Waals surface area contributed by atoms with Gasteiger partial charge in [-0.25, -0.2) is 4.98 Å². The molecule has 0 aliphatic heterocycles. The molecule has 1 heterocycles. The normalized spacial score (nSPS) is 11.1. The summed E-state index contributed by atoms with van der Waals surface area (Å²) in [5, 5.41) is 10.3. The number of fused-ring (bicyclic) bond motifs is 1. The number of rotatable bonds is 5. The van der Waals surface area contributed by atoms with Crippen LogP contribution in [0.2, 0.25) is 0 Å². The highest BCUT2D eigenvalue weighted by Crippen LogP contribution is 2.17. The summed E-state index contributed by atoms with van der Waals surface area (Å²) in [6.07, 6.45) is 2.23. The van der Waals surface area contributed by atoms with Gasteiger partial charge < -0.3 is 9.67 Å². The van der Waals surface area contributed by atoms with Gasteiger partial charge in [0.1, 0.15) is 12.4 Å². The van der Waals surface area contributed by atoms with Crippen LogP contribution in [0, 0.1) is 0 Å². The summed E-state index contributed by atoms with van der Waals surface area (Å²) in [5.41, 5.74) is 2.08. The van der Waals surface area contributed by atoms with Crippen LogP contribution in [-0.4, -0.2) is 20.0 Å². The molecule has 0 saturated heterocycles. The zero-order valence-electron chi connectivity index (χ0n) is 9.06. The maximum Gasteiger partial charge on any atom is 0.135 e. The Morgan fingerprint density at radius 3 is 2.81 bits per heavy atom. The first-order chi connectivity index (χ1) is 7.86. The number of alkyl halides is 1. The summed E-state index contributed by atoms with van der Waals surface area (Å²) in [4.78, 5) is 4.41. The quantitative estimate of drug-likeness (QED) is 0.676. The second-order valence-electron chi connectivity index (χ2n) is 3.72. The number of aliphatic hydroxyl groups excluding tert-OH is 1. The Labute approximate surface area is 103 Å². The van der Waals surface area contributed by atoms with Gasteiger partial charge in [-0.3, -0.25) is 0 Å². The third kappa shape index (κ3) is 2.28. The van der Waals surface area contributed by atoms with Crippen LogP contribution in [-0.2, 0) is 13.2 Å². The van der Waals surface area contributed by atoms with Crippen LogP contribution in [0.3, 0.4) is 0 Å². The second-order valence-corrected chi connectivity index (χ2v) is 4.52. The lowest BCUT2D eigenvalue weighted by Crippen LogP contribution is -2.04. The fourth-order valence-electron chi connectivity index (χ4n) is 1.86. The van der Waals surface area contributed by atoms with E-state index in [0.29, 0.717) is 0 Å². The minimum atomic E-state index is 0.00297. The number of hydrogen-bond acceptors (Lipinski definition) is 2. The zero-order valence-corrected chi connectivity index (χ0v) is 10.7. The van der Waals surface area contributed by atoms with Crippen molar-refractivity contribution in [3.8, 4) is 0 Å². The van der Waals surface area contributed by atoms with Gasteiger partial charge in [0.05, 0.1) is 11.0 Å². The molecule has 0 aliphatic carbocycles. The minimum absolute atomic E-state index is 0.00297. The zero-order chi connectivity index (χ0) is 11.4. The van der Waals surface area contributed by atoms with Crippen LogP contribution in [0.4, 0.5) is 0 Å². The predicted octanol–water partition coefficient (Wildman–Crippen LogP) is 2.70. The number of imidazole rings is 1. The van der Waals surface area contributed by atoms with Crippen LogP contribution in [0.15, 0.2) is 24.3 Å². The maximum atomic E-state index is 9.28. The molecule has 1 aromatic carbocycles. The molecule has 0 radical (unpaired) electrons. The average Bonchev–Trinajstić information content (AvgIpc) is 2.68. The highest BCUT2D eigenvalue weighted by Gasteiger charge is 2.08. The van der Waals surface area contributed by atoms with Crippen molar-refractivity contribution in [1.82, 2.24) is 9.55 Å². The molecule has 16 heavy (non-hydrogen) atoms. The van der Waals surface area contributed by atoms with E-state index >= 15 is 0 Å². The molecular formula is C12H15BrN2O. The molecule has 0 bridgehead atoms. The predicted molar refractivity (Wildman–Crippen MR) is 68.7 cm³/mol. The third-order valence-electron chi connectivity index (χ3n) is 2.64. The minimum Gasteiger partial charge on any atom is -0.388 e. The summed E-state index contributed by atoms with van der Waals surface area (Å²) in [6.45, 7) is 0.922. The third-order valence-corrected chi connectivity index (χ3v) is 3.20. The van der Waals surface area contributed by atoms with Gasteiger partial charge in [-0.05, 0) is 25.0 Å². The maximum absolute atomic E-state index is 9.28. The van der Waals surface area contributed by atoms with Gasteiger partial charge in [-0.1, -0.05) is 28.1 Å². The molecule has 2 rings (SSSR count). The Balaban J connectivity index is 2.32. The van der Waals surface area contributed by atoms with E-state index in [1.165, 1.54) is 0 Å². The Hall–Kier alpha value is -0.870. The topological polar surface area (TPSA) is 38.1 Å². The number of aromatic nitrogens is 2. The molecule has 1 aromatic heterocycles.